The third kappa shape index (κ3) is 2.60. The van der Waals surface area contributed by atoms with Crippen molar-refractivity contribution in [2.45, 2.75) is 19.1 Å². The van der Waals surface area contributed by atoms with E-state index >= 15 is 0 Å². The third-order valence-electron chi connectivity index (χ3n) is 0.385. The molecule has 0 aromatic carbocycles. The predicted molar refractivity (Wildman–Crippen MR) is 30.6 cm³/mol. The molecule has 0 bridgehead atoms. The monoisotopic (exact) mass is 123 g/mol. The molecular formula is C3H7OS2-. The summed E-state index contributed by atoms with van der Waals surface area (Å²) in [6.07, 6.45) is 0. The lowest BCUT2D eigenvalue weighted by atomic mass is 10.6. The minimum atomic E-state index is -1.03. The Kier molecular flexibility index (Phi) is 2.68. The van der Waals surface area contributed by atoms with Crippen molar-refractivity contribution in [2.75, 3.05) is 0 Å². The Hall–Kier alpha value is 0.370. The van der Waals surface area contributed by atoms with Crippen molar-refractivity contribution in [3.63, 3.8) is 0 Å². The summed E-state index contributed by atoms with van der Waals surface area (Å²) in [7, 11) is -1.03. The summed E-state index contributed by atoms with van der Waals surface area (Å²) in [5.74, 6) is 0. The molecule has 0 saturated carbocycles. The first-order valence-corrected chi connectivity index (χ1v) is 3.86. The molecule has 0 fully saturated rings. The average Bonchev–Trinajstić information content (AvgIpc) is 1.36. The smallest absolute Gasteiger partial charge is 0.0787 e. The van der Waals surface area contributed by atoms with E-state index in [9.17, 15) is 4.21 Å². The highest BCUT2D eigenvalue weighted by atomic mass is 32.8. The highest BCUT2D eigenvalue weighted by Crippen LogP contribution is 1.80. The van der Waals surface area contributed by atoms with Crippen LogP contribution in [0.2, 0.25) is 0 Å². The van der Waals surface area contributed by atoms with Crippen LogP contribution in [-0.4, -0.2) is 5.25 Å². The topological polar surface area (TPSA) is 17.1 Å². The summed E-state index contributed by atoms with van der Waals surface area (Å²) in [5, 5.41) is 0.139. The van der Waals surface area contributed by atoms with Crippen molar-refractivity contribution in [1.82, 2.24) is 0 Å². The largest absolute Gasteiger partial charge is 0.451 e. The fourth-order valence-corrected chi connectivity index (χ4v) is 0. The quantitative estimate of drug-likeness (QED) is 0.480. The molecule has 0 N–H and O–H groups in total. The number of rotatable bonds is 1. The van der Waals surface area contributed by atoms with Crippen molar-refractivity contribution < 1.29 is 4.21 Å². The Bertz CT molecular complexity index is 85.0. The maximum atomic E-state index is 10.1. The van der Waals surface area contributed by atoms with E-state index < -0.39 is 9.36 Å². The van der Waals surface area contributed by atoms with Crippen molar-refractivity contribution in [3.8, 4) is 0 Å². The first-order chi connectivity index (χ1) is 2.64. The normalized spacial score (nSPS) is 10.7. The van der Waals surface area contributed by atoms with Gasteiger partial charge >= 0.3 is 0 Å². The molecule has 0 aliphatic rings. The number of hydrogen-bond acceptors (Lipinski definition) is 3. The van der Waals surface area contributed by atoms with Crippen LogP contribution in [0.5, 0.6) is 0 Å². The molecule has 3 heteroatoms. The molecule has 0 rings (SSSR count). The third-order valence-corrected chi connectivity index (χ3v) is 2.31. The first kappa shape index (κ1) is 6.37. The van der Waals surface area contributed by atoms with Gasteiger partial charge in [0.15, 0.2) is 0 Å². The van der Waals surface area contributed by atoms with Gasteiger partial charge in [-0.05, 0) is 0 Å². The van der Waals surface area contributed by atoms with Gasteiger partial charge in [-0.3, -0.25) is 0 Å². The lowest BCUT2D eigenvalue weighted by Crippen LogP contribution is -1.91. The van der Waals surface area contributed by atoms with Crippen molar-refractivity contribution in [3.05, 3.63) is 0 Å². The maximum Gasteiger partial charge on any atom is -0.0787 e. The highest BCUT2D eigenvalue weighted by molar-refractivity contribution is 8.22. The van der Waals surface area contributed by atoms with Crippen LogP contribution in [0.4, 0.5) is 0 Å². The molecule has 38 valence electrons. The molecule has 0 saturated heterocycles. The lowest BCUT2D eigenvalue weighted by Gasteiger charge is -1.99. The fraction of sp³-hybridized carbons (Fsp3) is 1.00. The summed E-state index contributed by atoms with van der Waals surface area (Å²) < 4.78 is 10.1. The highest BCUT2D eigenvalue weighted by Gasteiger charge is 1.72. The SMILES string of the molecule is CC(C)[S-](=O)=S. The molecule has 0 amide bonds. The summed E-state index contributed by atoms with van der Waals surface area (Å²) in [5.41, 5.74) is 0. The van der Waals surface area contributed by atoms with Crippen LogP contribution in [0.3, 0.4) is 0 Å². The van der Waals surface area contributed by atoms with E-state index in [-0.39, 0.29) is 5.25 Å². The van der Waals surface area contributed by atoms with E-state index in [2.05, 4.69) is 11.2 Å². The molecule has 0 aliphatic carbocycles. The molecular weight excluding hydrogens is 116 g/mol. The number of hydrogen-bond donors (Lipinski definition) is 0. The van der Waals surface area contributed by atoms with Crippen molar-refractivity contribution >= 4 is 20.5 Å². The van der Waals surface area contributed by atoms with E-state index in [0.29, 0.717) is 0 Å². The molecule has 0 aliphatic heterocycles. The van der Waals surface area contributed by atoms with Gasteiger partial charge in [-0.15, -0.1) is 0 Å². The first-order valence-electron chi connectivity index (χ1n) is 1.72. The average molecular weight is 123 g/mol. The second-order valence-corrected chi connectivity index (χ2v) is 3.76. The zero-order chi connectivity index (χ0) is 5.15. The van der Waals surface area contributed by atoms with Crippen LogP contribution in [0.15, 0.2) is 0 Å². The van der Waals surface area contributed by atoms with Crippen LogP contribution >= 0.6 is 0 Å². The standard InChI is InChI=1S/C3H7OS2/c1-3(2)6(4)5/h3H,1-2H3/q-1. The van der Waals surface area contributed by atoms with Crippen LogP contribution < -0.4 is 0 Å². The van der Waals surface area contributed by atoms with Gasteiger partial charge in [0.05, 0.1) is 0 Å². The Morgan fingerprint density at radius 2 is 1.83 bits per heavy atom. The molecule has 1 nitrogen and oxygen atoms in total. The van der Waals surface area contributed by atoms with Gasteiger partial charge in [0.2, 0.25) is 0 Å². The Labute approximate surface area is 44.5 Å². The minimum Gasteiger partial charge on any atom is -0.451 e. The molecule has 0 radical (unpaired) electrons. The summed E-state index contributed by atoms with van der Waals surface area (Å²) in [4.78, 5) is 0. The van der Waals surface area contributed by atoms with Gasteiger partial charge in [-0.25, -0.2) is 20.5 Å². The van der Waals surface area contributed by atoms with Gasteiger partial charge in [0.25, 0.3) is 0 Å². The van der Waals surface area contributed by atoms with Crippen molar-refractivity contribution in [1.29, 1.82) is 0 Å². The summed E-state index contributed by atoms with van der Waals surface area (Å²) >= 11 is 4.38. The second-order valence-electron chi connectivity index (χ2n) is 1.31. The van der Waals surface area contributed by atoms with E-state index in [1.807, 2.05) is 13.8 Å². The van der Waals surface area contributed by atoms with Crippen LogP contribution in [0.25, 0.3) is 0 Å². The van der Waals surface area contributed by atoms with Gasteiger partial charge in [-0.1, -0.05) is 19.1 Å². The van der Waals surface area contributed by atoms with Crippen LogP contribution in [-0.2, 0) is 24.8 Å². The minimum absolute atomic E-state index is 0.139. The van der Waals surface area contributed by atoms with E-state index in [1.54, 1.807) is 0 Å². The Morgan fingerprint density at radius 1 is 1.67 bits per heavy atom. The lowest BCUT2D eigenvalue weighted by molar-refractivity contribution is 0.600. The Balaban J connectivity index is 3.57. The summed E-state index contributed by atoms with van der Waals surface area (Å²) in [6.45, 7) is 3.67. The summed E-state index contributed by atoms with van der Waals surface area (Å²) in [6, 6.07) is 0. The van der Waals surface area contributed by atoms with Gasteiger partial charge in [-0.2, -0.15) is 0 Å². The second kappa shape index (κ2) is 2.53. The molecule has 0 spiro atoms. The molecule has 0 aromatic rings. The van der Waals surface area contributed by atoms with Crippen molar-refractivity contribution in [2.24, 2.45) is 0 Å². The van der Waals surface area contributed by atoms with Gasteiger partial charge in [0.1, 0.15) is 0 Å². The molecule has 0 unspecified atom stereocenters. The molecule has 0 atom stereocenters. The predicted octanol–water partition coefficient (Wildman–Crippen LogP) is 0.821. The molecule has 0 heterocycles. The maximum absolute atomic E-state index is 10.1. The zero-order valence-electron chi connectivity index (χ0n) is 3.80. The Morgan fingerprint density at radius 3 is 1.83 bits per heavy atom. The van der Waals surface area contributed by atoms with E-state index in [0.717, 1.165) is 0 Å². The van der Waals surface area contributed by atoms with Crippen LogP contribution in [0.1, 0.15) is 13.8 Å². The molecule has 0 aromatic heterocycles. The zero-order valence-corrected chi connectivity index (χ0v) is 5.44. The van der Waals surface area contributed by atoms with E-state index in [1.165, 1.54) is 0 Å². The van der Waals surface area contributed by atoms with E-state index in [4.69, 9.17) is 0 Å². The molecule has 6 heavy (non-hydrogen) atoms. The van der Waals surface area contributed by atoms with Gasteiger partial charge in [0, 0.05) is 0 Å². The fourth-order valence-electron chi connectivity index (χ4n) is 0. The van der Waals surface area contributed by atoms with Crippen LogP contribution in [0, 0.1) is 0 Å². The van der Waals surface area contributed by atoms with Gasteiger partial charge < -0.3 is 4.21 Å².